The summed E-state index contributed by atoms with van der Waals surface area (Å²) in [5.74, 6) is -0.833. The molecule has 0 radical (unpaired) electrons. The topological polar surface area (TPSA) is 69.4 Å². The monoisotopic (exact) mass is 425 g/mol. The summed E-state index contributed by atoms with van der Waals surface area (Å²) in [4.78, 5) is 24.3. The molecule has 22 heavy (non-hydrogen) atoms. The van der Waals surface area contributed by atoms with Crippen molar-refractivity contribution in [3.63, 3.8) is 0 Å². The van der Waals surface area contributed by atoms with Crippen molar-refractivity contribution in [3.05, 3.63) is 62.5 Å². The lowest BCUT2D eigenvalue weighted by molar-refractivity contribution is 0.0318. The summed E-state index contributed by atoms with van der Waals surface area (Å²) in [6, 6.07) is 11.8. The second-order valence-corrected chi connectivity index (χ2v) is 6.34. The quantitative estimate of drug-likeness (QED) is 0.451. The molecule has 0 fully saturated rings. The maximum absolute atomic E-state index is 12.2. The lowest BCUT2D eigenvalue weighted by atomic mass is 10.1. The molecule has 2 aromatic carbocycles. The summed E-state index contributed by atoms with van der Waals surface area (Å²) in [5.41, 5.74) is 7.08. The Balaban J connectivity index is 2.13. The first-order valence-electron chi connectivity index (χ1n) is 6.45. The third kappa shape index (κ3) is 3.75. The largest absolute Gasteiger partial charge is 0.451 e. The molecule has 2 rings (SSSR count). The number of benzene rings is 2. The van der Waals surface area contributed by atoms with Crippen molar-refractivity contribution in [2.45, 2.75) is 13.0 Å². The number of esters is 1. The van der Waals surface area contributed by atoms with Crippen molar-refractivity contribution >= 4 is 49.3 Å². The van der Waals surface area contributed by atoms with E-state index in [1.54, 1.807) is 43.3 Å². The summed E-state index contributed by atoms with van der Waals surface area (Å²) in [5, 5.41) is 0. The molecule has 0 saturated heterocycles. The molecule has 0 aromatic heterocycles. The second kappa shape index (κ2) is 7.07. The molecule has 0 unspecified atom stereocenters. The molecule has 0 amide bonds. The van der Waals surface area contributed by atoms with Gasteiger partial charge >= 0.3 is 5.97 Å². The number of hydrogen-bond donors (Lipinski definition) is 1. The fourth-order valence-corrected chi connectivity index (χ4v) is 3.01. The van der Waals surface area contributed by atoms with Gasteiger partial charge in [-0.2, -0.15) is 0 Å². The van der Waals surface area contributed by atoms with E-state index in [-0.39, 0.29) is 5.78 Å². The normalized spacial score (nSPS) is 11.8. The van der Waals surface area contributed by atoms with Crippen LogP contribution >= 0.6 is 31.9 Å². The number of hydrogen-bond acceptors (Lipinski definition) is 4. The highest BCUT2D eigenvalue weighted by Crippen LogP contribution is 2.30. The predicted molar refractivity (Wildman–Crippen MR) is 91.9 cm³/mol. The molecule has 0 aliphatic rings. The Hall–Kier alpha value is -1.66. The highest BCUT2D eigenvalue weighted by molar-refractivity contribution is 9.11. The van der Waals surface area contributed by atoms with Crippen LogP contribution in [0, 0.1) is 0 Å². The van der Waals surface area contributed by atoms with Crippen LogP contribution in [0.3, 0.4) is 0 Å². The van der Waals surface area contributed by atoms with Gasteiger partial charge in [0.2, 0.25) is 5.78 Å². The lowest BCUT2D eigenvalue weighted by Crippen LogP contribution is -2.24. The number of ketones is 1. The summed E-state index contributed by atoms with van der Waals surface area (Å²) in [7, 11) is 0. The minimum Gasteiger partial charge on any atom is -0.451 e. The molecule has 6 heteroatoms. The number of carbonyl (C=O) groups excluding carboxylic acids is 2. The Morgan fingerprint density at radius 1 is 1.05 bits per heavy atom. The van der Waals surface area contributed by atoms with Gasteiger partial charge in [-0.15, -0.1) is 0 Å². The molecule has 4 nitrogen and oxygen atoms in total. The van der Waals surface area contributed by atoms with E-state index >= 15 is 0 Å². The Morgan fingerprint density at radius 3 is 2.14 bits per heavy atom. The number of rotatable bonds is 4. The Labute approximate surface area is 144 Å². The fraction of sp³-hybridized carbons (Fsp3) is 0.125. The predicted octanol–water partition coefficient (Wildman–Crippen LogP) is 4.22. The summed E-state index contributed by atoms with van der Waals surface area (Å²) in [6.45, 7) is 1.55. The van der Waals surface area contributed by atoms with Crippen molar-refractivity contribution in [3.8, 4) is 0 Å². The van der Waals surface area contributed by atoms with E-state index in [1.807, 2.05) is 6.07 Å². The van der Waals surface area contributed by atoms with Gasteiger partial charge in [0.05, 0.1) is 11.3 Å². The van der Waals surface area contributed by atoms with E-state index in [0.717, 1.165) is 0 Å². The molecule has 1 atom stereocenters. The van der Waals surface area contributed by atoms with Crippen LogP contribution in [0.5, 0.6) is 0 Å². The van der Waals surface area contributed by atoms with E-state index in [0.29, 0.717) is 25.8 Å². The second-order valence-electron chi connectivity index (χ2n) is 4.63. The van der Waals surface area contributed by atoms with Crippen LogP contribution in [-0.2, 0) is 4.74 Å². The van der Waals surface area contributed by atoms with E-state index in [9.17, 15) is 9.59 Å². The average molecular weight is 427 g/mol. The number of halogens is 2. The standard InChI is InChI=1S/C16H13Br2NO3/c1-9(15(20)10-5-3-2-4-6-10)22-16(21)11-7-12(17)14(19)13(18)8-11/h2-9H,19H2,1H3/t9-/m1/s1. The first-order chi connectivity index (χ1) is 10.4. The molecule has 0 spiro atoms. The van der Waals surface area contributed by atoms with Crippen molar-refractivity contribution in [1.29, 1.82) is 0 Å². The molecule has 0 heterocycles. The van der Waals surface area contributed by atoms with Gasteiger partial charge in [-0.1, -0.05) is 30.3 Å². The maximum atomic E-state index is 12.2. The minimum atomic E-state index is -0.870. The molecule has 114 valence electrons. The van der Waals surface area contributed by atoms with E-state index < -0.39 is 12.1 Å². The molecule has 2 N–H and O–H groups in total. The third-order valence-corrected chi connectivity index (χ3v) is 4.34. The van der Waals surface area contributed by atoms with Crippen molar-refractivity contribution in [2.24, 2.45) is 0 Å². The molecule has 0 aliphatic carbocycles. The summed E-state index contributed by atoms with van der Waals surface area (Å²) < 4.78 is 6.39. The zero-order valence-electron chi connectivity index (χ0n) is 11.7. The lowest BCUT2D eigenvalue weighted by Gasteiger charge is -2.13. The van der Waals surface area contributed by atoms with Crippen LogP contribution in [0.2, 0.25) is 0 Å². The van der Waals surface area contributed by atoms with E-state index in [4.69, 9.17) is 10.5 Å². The number of nitrogen functional groups attached to an aromatic ring is 1. The van der Waals surface area contributed by atoms with Crippen LogP contribution in [-0.4, -0.2) is 17.9 Å². The molecular formula is C16H13Br2NO3. The van der Waals surface area contributed by atoms with Gasteiger partial charge in [-0.05, 0) is 50.9 Å². The molecule has 0 aliphatic heterocycles. The molecule has 2 aromatic rings. The van der Waals surface area contributed by atoms with E-state index in [2.05, 4.69) is 31.9 Å². The summed E-state index contributed by atoms with van der Waals surface area (Å²) >= 11 is 6.53. The highest BCUT2D eigenvalue weighted by atomic mass is 79.9. The minimum absolute atomic E-state index is 0.248. The molecule has 0 saturated carbocycles. The van der Waals surface area contributed by atoms with Crippen LogP contribution in [0.25, 0.3) is 0 Å². The van der Waals surface area contributed by atoms with Crippen molar-refractivity contribution in [2.75, 3.05) is 5.73 Å². The Morgan fingerprint density at radius 2 is 1.59 bits per heavy atom. The average Bonchev–Trinajstić information content (AvgIpc) is 2.52. The smallest absolute Gasteiger partial charge is 0.338 e. The molecule has 0 bridgehead atoms. The first kappa shape index (κ1) is 16.7. The van der Waals surface area contributed by atoms with Gasteiger partial charge < -0.3 is 10.5 Å². The number of carbonyl (C=O) groups is 2. The van der Waals surface area contributed by atoms with Gasteiger partial charge in [0.1, 0.15) is 0 Å². The number of nitrogens with two attached hydrogens (primary N) is 1. The first-order valence-corrected chi connectivity index (χ1v) is 8.03. The van der Waals surface area contributed by atoms with Gasteiger partial charge in [0.25, 0.3) is 0 Å². The SMILES string of the molecule is C[C@@H](OC(=O)c1cc(Br)c(N)c(Br)c1)C(=O)c1ccccc1. The van der Waals surface area contributed by atoms with E-state index in [1.165, 1.54) is 0 Å². The fourth-order valence-electron chi connectivity index (χ4n) is 1.82. The maximum Gasteiger partial charge on any atom is 0.338 e. The Kier molecular flexibility index (Phi) is 5.37. The Bertz CT molecular complexity index is 694. The van der Waals surface area contributed by atoms with Crippen molar-refractivity contribution < 1.29 is 14.3 Å². The zero-order valence-corrected chi connectivity index (χ0v) is 14.8. The van der Waals surface area contributed by atoms with Gasteiger partial charge in [0, 0.05) is 14.5 Å². The van der Waals surface area contributed by atoms with Gasteiger partial charge in [-0.3, -0.25) is 4.79 Å². The zero-order chi connectivity index (χ0) is 16.3. The third-order valence-electron chi connectivity index (χ3n) is 3.03. The van der Waals surface area contributed by atoms with Crippen LogP contribution in [0.15, 0.2) is 51.4 Å². The van der Waals surface area contributed by atoms with Crippen LogP contribution in [0.4, 0.5) is 5.69 Å². The van der Waals surface area contributed by atoms with Crippen LogP contribution in [0.1, 0.15) is 27.6 Å². The van der Waals surface area contributed by atoms with Gasteiger partial charge in [0.15, 0.2) is 6.10 Å². The van der Waals surface area contributed by atoms with Crippen LogP contribution < -0.4 is 5.73 Å². The number of ether oxygens (including phenoxy) is 1. The number of Topliss-reactive ketones (excluding diaryl/α,β-unsaturated/α-hetero) is 1. The van der Waals surface area contributed by atoms with Gasteiger partial charge in [-0.25, -0.2) is 4.79 Å². The molecular weight excluding hydrogens is 414 g/mol. The summed E-state index contributed by atoms with van der Waals surface area (Å²) in [6.07, 6.45) is -0.870. The number of anilines is 1. The van der Waals surface area contributed by atoms with Crippen molar-refractivity contribution in [1.82, 2.24) is 0 Å². The highest BCUT2D eigenvalue weighted by Gasteiger charge is 2.21.